The Morgan fingerprint density at radius 3 is 2.32 bits per heavy atom. The van der Waals surface area contributed by atoms with Crippen molar-refractivity contribution in [3.8, 4) is 16.9 Å². The predicted octanol–water partition coefficient (Wildman–Crippen LogP) is 1.23. The van der Waals surface area contributed by atoms with Crippen LogP contribution >= 0.6 is 0 Å². The number of benzene rings is 2. The smallest absolute Gasteiger partial charge is 0.328 e. The molecule has 0 saturated heterocycles. The minimum Gasteiger partial charge on any atom is -0.507 e. The van der Waals surface area contributed by atoms with Gasteiger partial charge in [-0.25, -0.2) is 4.79 Å². The number of carbonyl (C=O) groups excluding carboxylic acids is 1. The Bertz CT molecular complexity index is 684. The fraction of sp³-hybridized carbons (Fsp3) is 0.125. The number of rotatable bonds is 5. The standard InChI is InChI=1S/C16H15NO5/c18-9-12(16(21)22)17-15(20)11-7-4-8-13(19)14(11)10-5-2-1-3-6-10/h1-8,12,18-19H,9H2,(H,17,20)(H,21,22)/t12-/m0/s1. The van der Waals surface area contributed by atoms with Crippen LogP contribution in [0.5, 0.6) is 5.75 Å². The number of carboxylic acids is 1. The highest BCUT2D eigenvalue weighted by molar-refractivity contribution is 6.03. The van der Waals surface area contributed by atoms with Crippen molar-refractivity contribution in [2.75, 3.05) is 6.61 Å². The molecule has 0 bridgehead atoms. The number of aliphatic carboxylic acids is 1. The van der Waals surface area contributed by atoms with E-state index in [0.717, 1.165) is 0 Å². The lowest BCUT2D eigenvalue weighted by Crippen LogP contribution is -2.43. The maximum absolute atomic E-state index is 12.3. The van der Waals surface area contributed by atoms with E-state index in [1.165, 1.54) is 18.2 Å². The zero-order valence-electron chi connectivity index (χ0n) is 11.6. The minimum absolute atomic E-state index is 0.0882. The van der Waals surface area contributed by atoms with Crippen molar-refractivity contribution in [3.05, 3.63) is 54.1 Å². The van der Waals surface area contributed by atoms with Crippen LogP contribution in [0.2, 0.25) is 0 Å². The van der Waals surface area contributed by atoms with E-state index in [1.807, 2.05) is 0 Å². The van der Waals surface area contributed by atoms with Gasteiger partial charge in [-0.2, -0.15) is 0 Å². The van der Waals surface area contributed by atoms with Gasteiger partial charge < -0.3 is 20.6 Å². The zero-order valence-corrected chi connectivity index (χ0v) is 11.6. The van der Waals surface area contributed by atoms with Crippen molar-refractivity contribution >= 4 is 11.9 Å². The van der Waals surface area contributed by atoms with Crippen LogP contribution in [0.25, 0.3) is 11.1 Å². The van der Waals surface area contributed by atoms with Crippen molar-refractivity contribution in [3.63, 3.8) is 0 Å². The number of hydrogen-bond acceptors (Lipinski definition) is 4. The van der Waals surface area contributed by atoms with Crippen LogP contribution in [0.15, 0.2) is 48.5 Å². The summed E-state index contributed by atoms with van der Waals surface area (Å²) in [6, 6.07) is 11.8. The summed E-state index contributed by atoms with van der Waals surface area (Å²) in [6.07, 6.45) is 0. The maximum Gasteiger partial charge on any atom is 0.328 e. The van der Waals surface area contributed by atoms with Crippen molar-refractivity contribution in [2.45, 2.75) is 6.04 Å². The van der Waals surface area contributed by atoms with E-state index in [4.69, 9.17) is 10.2 Å². The van der Waals surface area contributed by atoms with Crippen molar-refractivity contribution in [1.82, 2.24) is 5.32 Å². The molecule has 0 radical (unpaired) electrons. The van der Waals surface area contributed by atoms with Gasteiger partial charge in [-0.3, -0.25) is 4.79 Å². The second kappa shape index (κ2) is 6.73. The first-order valence-corrected chi connectivity index (χ1v) is 6.56. The Kier molecular flexibility index (Phi) is 4.75. The van der Waals surface area contributed by atoms with Gasteiger partial charge in [-0.1, -0.05) is 36.4 Å². The second-order valence-corrected chi connectivity index (χ2v) is 4.61. The number of phenolic OH excluding ortho intramolecular Hbond substituents is 1. The highest BCUT2D eigenvalue weighted by atomic mass is 16.4. The molecule has 0 heterocycles. The summed E-state index contributed by atoms with van der Waals surface area (Å²) >= 11 is 0. The number of hydrogen-bond donors (Lipinski definition) is 4. The Morgan fingerprint density at radius 1 is 1.05 bits per heavy atom. The van der Waals surface area contributed by atoms with E-state index in [0.29, 0.717) is 11.1 Å². The molecule has 0 aliphatic heterocycles. The average molecular weight is 301 g/mol. The molecule has 114 valence electrons. The van der Waals surface area contributed by atoms with Crippen molar-refractivity contribution < 1.29 is 24.9 Å². The molecule has 4 N–H and O–H groups in total. The molecule has 0 aromatic heterocycles. The Balaban J connectivity index is 2.42. The number of carbonyl (C=O) groups is 2. The summed E-state index contributed by atoms with van der Waals surface area (Å²) in [5, 5.41) is 30.1. The van der Waals surface area contributed by atoms with Crippen LogP contribution < -0.4 is 5.32 Å². The van der Waals surface area contributed by atoms with Gasteiger partial charge >= 0.3 is 5.97 Å². The first kappa shape index (κ1) is 15.5. The van der Waals surface area contributed by atoms with Crippen molar-refractivity contribution in [1.29, 1.82) is 0 Å². The molecule has 1 amide bonds. The fourth-order valence-electron chi connectivity index (χ4n) is 2.06. The van der Waals surface area contributed by atoms with E-state index < -0.39 is 24.5 Å². The molecular weight excluding hydrogens is 286 g/mol. The molecule has 0 spiro atoms. The van der Waals surface area contributed by atoms with Crippen LogP contribution in [0.1, 0.15) is 10.4 Å². The third kappa shape index (κ3) is 3.24. The van der Waals surface area contributed by atoms with E-state index in [2.05, 4.69) is 5.32 Å². The highest BCUT2D eigenvalue weighted by Gasteiger charge is 2.22. The van der Waals surface area contributed by atoms with Crippen LogP contribution in [0.4, 0.5) is 0 Å². The first-order chi connectivity index (χ1) is 10.5. The van der Waals surface area contributed by atoms with Crippen LogP contribution in [-0.4, -0.2) is 39.8 Å². The summed E-state index contributed by atoms with van der Waals surface area (Å²) in [7, 11) is 0. The summed E-state index contributed by atoms with van der Waals surface area (Å²) < 4.78 is 0. The van der Waals surface area contributed by atoms with E-state index >= 15 is 0 Å². The number of aliphatic hydroxyl groups is 1. The summed E-state index contributed by atoms with van der Waals surface area (Å²) in [5.74, 6) is -2.11. The first-order valence-electron chi connectivity index (χ1n) is 6.56. The SMILES string of the molecule is O=C(N[C@@H](CO)C(=O)O)c1cccc(O)c1-c1ccccc1. The summed E-state index contributed by atoms with van der Waals surface area (Å²) in [5.41, 5.74) is 1.07. The molecule has 1 atom stereocenters. The fourth-order valence-corrected chi connectivity index (χ4v) is 2.06. The number of aromatic hydroxyl groups is 1. The predicted molar refractivity (Wildman–Crippen MR) is 79.5 cm³/mol. The molecule has 2 aromatic carbocycles. The van der Waals surface area contributed by atoms with Gasteiger partial charge in [0.2, 0.25) is 0 Å². The van der Waals surface area contributed by atoms with Gasteiger partial charge in [-0.15, -0.1) is 0 Å². The van der Waals surface area contributed by atoms with Crippen LogP contribution in [0.3, 0.4) is 0 Å². The molecule has 0 fully saturated rings. The summed E-state index contributed by atoms with van der Waals surface area (Å²) in [4.78, 5) is 23.2. The lowest BCUT2D eigenvalue weighted by molar-refractivity contribution is -0.140. The number of carboxylic acid groups (broad SMARTS) is 1. The molecule has 6 nitrogen and oxygen atoms in total. The lowest BCUT2D eigenvalue weighted by Gasteiger charge is -2.15. The quantitative estimate of drug-likeness (QED) is 0.664. The van der Waals surface area contributed by atoms with Gasteiger partial charge in [-0.05, 0) is 17.7 Å². The van der Waals surface area contributed by atoms with Gasteiger partial charge in [0.15, 0.2) is 6.04 Å². The maximum atomic E-state index is 12.3. The van der Waals surface area contributed by atoms with Crippen LogP contribution in [0, 0.1) is 0 Å². The average Bonchev–Trinajstić information content (AvgIpc) is 2.52. The number of aliphatic hydroxyl groups excluding tert-OH is 1. The van der Waals surface area contributed by atoms with Gasteiger partial charge in [0, 0.05) is 5.56 Å². The monoisotopic (exact) mass is 301 g/mol. The minimum atomic E-state index is -1.40. The number of amides is 1. The Hall–Kier alpha value is -2.86. The normalized spacial score (nSPS) is 11.7. The topological polar surface area (TPSA) is 107 Å². The molecule has 6 heteroatoms. The molecule has 22 heavy (non-hydrogen) atoms. The molecule has 0 aliphatic rings. The molecule has 0 saturated carbocycles. The largest absolute Gasteiger partial charge is 0.507 e. The number of phenols is 1. The third-order valence-electron chi connectivity index (χ3n) is 3.14. The summed E-state index contributed by atoms with van der Waals surface area (Å²) in [6.45, 7) is -0.722. The molecule has 2 aromatic rings. The van der Waals surface area contributed by atoms with E-state index in [9.17, 15) is 14.7 Å². The number of nitrogens with one attached hydrogen (secondary N) is 1. The van der Waals surface area contributed by atoms with Crippen molar-refractivity contribution in [2.24, 2.45) is 0 Å². The Labute approximate surface area is 126 Å². The van der Waals surface area contributed by atoms with Gasteiger partial charge in [0.1, 0.15) is 5.75 Å². The van der Waals surface area contributed by atoms with E-state index in [1.54, 1.807) is 30.3 Å². The lowest BCUT2D eigenvalue weighted by atomic mass is 9.98. The zero-order chi connectivity index (χ0) is 16.1. The molecule has 0 aliphatic carbocycles. The molecular formula is C16H15NO5. The van der Waals surface area contributed by atoms with Gasteiger partial charge in [0.05, 0.1) is 12.2 Å². The van der Waals surface area contributed by atoms with Crippen LogP contribution in [-0.2, 0) is 4.79 Å². The molecule has 0 unspecified atom stereocenters. The molecule has 2 rings (SSSR count). The second-order valence-electron chi connectivity index (χ2n) is 4.61. The van der Waals surface area contributed by atoms with Gasteiger partial charge in [0.25, 0.3) is 5.91 Å². The highest BCUT2D eigenvalue weighted by Crippen LogP contribution is 2.32. The third-order valence-corrected chi connectivity index (χ3v) is 3.14. The van der Waals surface area contributed by atoms with E-state index in [-0.39, 0.29) is 11.3 Å². The Morgan fingerprint density at radius 2 is 1.73 bits per heavy atom.